The lowest BCUT2D eigenvalue weighted by Crippen LogP contribution is -2.44. The largest absolute Gasteiger partial charge is 0.497 e. The normalized spacial score (nSPS) is 15.3. The zero-order valence-electron chi connectivity index (χ0n) is 18.6. The van der Waals surface area contributed by atoms with Gasteiger partial charge >= 0.3 is 0 Å². The van der Waals surface area contributed by atoms with Crippen LogP contribution < -0.4 is 10.1 Å². The number of methoxy groups -OCH3 is 1. The number of hydrogen-bond donors (Lipinski definition) is 1. The number of fused-ring (bicyclic) bond motifs is 1. The lowest BCUT2D eigenvalue weighted by molar-refractivity contribution is 0.102. The Labute approximate surface area is 183 Å². The Kier molecular flexibility index (Phi) is 6.53. The highest BCUT2D eigenvalue weighted by Gasteiger charge is 2.18. The number of amides is 1. The number of nitrogens with zero attached hydrogens (tertiary/aromatic N) is 4. The fraction of sp³-hybridized carbons (Fsp3) is 0.417. The van der Waals surface area contributed by atoms with Gasteiger partial charge in [0.2, 0.25) is 0 Å². The second-order valence-corrected chi connectivity index (χ2v) is 8.15. The summed E-state index contributed by atoms with van der Waals surface area (Å²) >= 11 is 0. The van der Waals surface area contributed by atoms with Gasteiger partial charge in [0, 0.05) is 44.0 Å². The monoisotopic (exact) mass is 421 g/mol. The first-order valence-electron chi connectivity index (χ1n) is 10.9. The van der Waals surface area contributed by atoms with Crippen LogP contribution in [0.5, 0.6) is 5.75 Å². The summed E-state index contributed by atoms with van der Waals surface area (Å²) in [6.45, 7) is 8.30. The first-order valence-corrected chi connectivity index (χ1v) is 10.9. The molecule has 0 aliphatic carbocycles. The number of aromatic nitrogens is 2. The number of hydrogen-bond acceptors (Lipinski definition) is 5. The van der Waals surface area contributed by atoms with Crippen molar-refractivity contribution < 1.29 is 9.53 Å². The Hall–Kier alpha value is -2.90. The van der Waals surface area contributed by atoms with Gasteiger partial charge in [-0.05, 0) is 55.9 Å². The molecule has 0 unspecified atom stereocenters. The molecule has 0 atom stereocenters. The molecule has 1 amide bonds. The summed E-state index contributed by atoms with van der Waals surface area (Å²) in [6, 6.07) is 13.1. The van der Waals surface area contributed by atoms with E-state index in [0.29, 0.717) is 5.56 Å². The third-order valence-electron chi connectivity index (χ3n) is 5.85. The first-order chi connectivity index (χ1) is 15.1. The number of aryl methyl sites for hydroxylation is 1. The molecule has 0 bridgehead atoms. The average molecular weight is 422 g/mol. The molecule has 0 spiro atoms. The third kappa shape index (κ3) is 4.89. The van der Waals surface area contributed by atoms with Gasteiger partial charge in [0.15, 0.2) is 0 Å². The van der Waals surface area contributed by atoms with E-state index in [4.69, 9.17) is 9.72 Å². The van der Waals surface area contributed by atoms with Crippen LogP contribution in [0.3, 0.4) is 0 Å². The number of ether oxygens (including phenoxy) is 1. The Balaban J connectivity index is 1.54. The molecule has 1 saturated heterocycles. The van der Waals surface area contributed by atoms with Crippen molar-refractivity contribution in [3.8, 4) is 5.75 Å². The smallest absolute Gasteiger partial charge is 0.255 e. The zero-order chi connectivity index (χ0) is 21.8. The SMILES string of the molecule is CCCn1c(CN2CCN(C)CC2)nc2cc(NC(=O)c3ccc(OC)cc3)ccc21. The number of nitrogens with one attached hydrogen (secondary N) is 1. The number of likely N-dealkylation sites (N-methyl/N-ethyl adjacent to an activating group) is 1. The number of anilines is 1. The molecule has 1 N–H and O–H groups in total. The van der Waals surface area contributed by atoms with Crippen molar-refractivity contribution in [2.75, 3.05) is 45.7 Å². The van der Waals surface area contributed by atoms with Gasteiger partial charge in [0.1, 0.15) is 11.6 Å². The maximum absolute atomic E-state index is 12.6. The zero-order valence-corrected chi connectivity index (χ0v) is 18.6. The molecule has 1 aliphatic rings. The maximum atomic E-state index is 12.6. The molecular formula is C24H31N5O2. The van der Waals surface area contributed by atoms with Crippen molar-refractivity contribution in [2.24, 2.45) is 0 Å². The van der Waals surface area contributed by atoms with Crippen LogP contribution in [0.15, 0.2) is 42.5 Å². The molecule has 31 heavy (non-hydrogen) atoms. The van der Waals surface area contributed by atoms with Crippen LogP contribution in [0, 0.1) is 0 Å². The van der Waals surface area contributed by atoms with Crippen LogP contribution in [0.4, 0.5) is 5.69 Å². The summed E-state index contributed by atoms with van der Waals surface area (Å²) in [5.41, 5.74) is 3.38. The van der Waals surface area contributed by atoms with E-state index in [2.05, 4.69) is 39.7 Å². The van der Waals surface area contributed by atoms with E-state index >= 15 is 0 Å². The van der Waals surface area contributed by atoms with Gasteiger partial charge in [0.25, 0.3) is 5.91 Å². The van der Waals surface area contributed by atoms with Crippen LogP contribution in [-0.2, 0) is 13.1 Å². The minimum absolute atomic E-state index is 0.146. The summed E-state index contributed by atoms with van der Waals surface area (Å²) in [4.78, 5) is 22.4. The van der Waals surface area contributed by atoms with Crippen LogP contribution in [0.25, 0.3) is 11.0 Å². The molecule has 164 valence electrons. The van der Waals surface area contributed by atoms with Gasteiger partial charge in [-0.1, -0.05) is 6.92 Å². The lowest BCUT2D eigenvalue weighted by atomic mass is 10.2. The van der Waals surface area contributed by atoms with Crippen molar-refractivity contribution in [2.45, 2.75) is 26.4 Å². The van der Waals surface area contributed by atoms with E-state index in [9.17, 15) is 4.79 Å². The molecule has 0 saturated carbocycles. The molecular weight excluding hydrogens is 390 g/mol. The number of rotatable bonds is 7. The average Bonchev–Trinajstić information content (AvgIpc) is 3.12. The quantitative estimate of drug-likeness (QED) is 0.633. The minimum atomic E-state index is -0.146. The number of imidazole rings is 1. The molecule has 4 rings (SSSR count). The fourth-order valence-corrected chi connectivity index (χ4v) is 4.00. The van der Waals surface area contributed by atoms with Gasteiger partial charge in [-0.2, -0.15) is 0 Å². The number of carbonyl (C=O) groups excluding carboxylic acids is 1. The van der Waals surface area contributed by atoms with Crippen molar-refractivity contribution in [1.82, 2.24) is 19.4 Å². The second-order valence-electron chi connectivity index (χ2n) is 8.15. The molecule has 7 heteroatoms. The summed E-state index contributed by atoms with van der Waals surface area (Å²) in [5.74, 6) is 1.68. The summed E-state index contributed by atoms with van der Waals surface area (Å²) in [5, 5.41) is 2.99. The molecule has 2 aromatic carbocycles. The summed E-state index contributed by atoms with van der Waals surface area (Å²) in [6.07, 6.45) is 1.05. The highest BCUT2D eigenvalue weighted by atomic mass is 16.5. The molecule has 0 radical (unpaired) electrons. The van der Waals surface area contributed by atoms with Gasteiger partial charge in [0.05, 0.1) is 24.7 Å². The Morgan fingerprint density at radius 2 is 1.84 bits per heavy atom. The van der Waals surface area contributed by atoms with Gasteiger partial charge in [-0.15, -0.1) is 0 Å². The molecule has 1 aliphatic heterocycles. The molecule has 2 heterocycles. The molecule has 7 nitrogen and oxygen atoms in total. The molecule has 1 fully saturated rings. The lowest BCUT2D eigenvalue weighted by Gasteiger charge is -2.32. The fourth-order valence-electron chi connectivity index (χ4n) is 4.00. The van der Waals surface area contributed by atoms with E-state index in [-0.39, 0.29) is 5.91 Å². The van der Waals surface area contributed by atoms with Crippen LogP contribution >= 0.6 is 0 Å². The van der Waals surface area contributed by atoms with Crippen LogP contribution in [0.2, 0.25) is 0 Å². The standard InChI is InChI=1S/C24H31N5O2/c1-4-11-29-22-10-7-19(25-24(30)18-5-8-20(31-3)9-6-18)16-21(22)26-23(29)17-28-14-12-27(2)13-15-28/h5-10,16H,4,11-15,17H2,1-3H3,(H,25,30). The predicted octanol–water partition coefficient (Wildman–Crippen LogP) is 3.45. The van der Waals surface area contributed by atoms with Crippen molar-refractivity contribution >= 4 is 22.6 Å². The highest BCUT2D eigenvalue weighted by Crippen LogP contribution is 2.23. The second kappa shape index (κ2) is 9.49. The predicted molar refractivity (Wildman–Crippen MR) is 124 cm³/mol. The first kappa shape index (κ1) is 21.3. The Bertz CT molecular complexity index is 1040. The Morgan fingerprint density at radius 1 is 1.10 bits per heavy atom. The minimum Gasteiger partial charge on any atom is -0.497 e. The van der Waals surface area contributed by atoms with Gasteiger partial charge in [-0.3, -0.25) is 9.69 Å². The van der Waals surface area contributed by atoms with Crippen molar-refractivity contribution in [3.63, 3.8) is 0 Å². The summed E-state index contributed by atoms with van der Waals surface area (Å²) in [7, 11) is 3.78. The van der Waals surface area contributed by atoms with E-state index in [1.54, 1.807) is 31.4 Å². The van der Waals surface area contributed by atoms with Gasteiger partial charge < -0.3 is 19.5 Å². The van der Waals surface area contributed by atoms with Crippen LogP contribution in [0.1, 0.15) is 29.5 Å². The van der Waals surface area contributed by atoms with E-state index < -0.39 is 0 Å². The summed E-state index contributed by atoms with van der Waals surface area (Å²) < 4.78 is 7.48. The van der Waals surface area contributed by atoms with Crippen molar-refractivity contribution in [1.29, 1.82) is 0 Å². The third-order valence-corrected chi connectivity index (χ3v) is 5.85. The molecule has 1 aromatic heterocycles. The number of carbonyl (C=O) groups is 1. The van der Waals surface area contributed by atoms with Gasteiger partial charge in [-0.25, -0.2) is 4.98 Å². The molecule has 3 aromatic rings. The number of benzene rings is 2. The van der Waals surface area contributed by atoms with E-state index in [1.165, 1.54) is 0 Å². The van der Waals surface area contributed by atoms with Crippen LogP contribution in [-0.4, -0.2) is 65.6 Å². The topological polar surface area (TPSA) is 62.6 Å². The Morgan fingerprint density at radius 3 is 2.52 bits per heavy atom. The van der Waals surface area contributed by atoms with E-state index in [0.717, 1.165) is 74.0 Å². The highest BCUT2D eigenvalue weighted by molar-refractivity contribution is 6.05. The maximum Gasteiger partial charge on any atom is 0.255 e. The number of piperazine rings is 1. The van der Waals surface area contributed by atoms with E-state index in [1.807, 2.05) is 12.1 Å². The van der Waals surface area contributed by atoms with Crippen molar-refractivity contribution in [3.05, 3.63) is 53.9 Å².